The van der Waals surface area contributed by atoms with E-state index in [0.717, 1.165) is 17.0 Å². The molecule has 0 saturated carbocycles. The molecular weight excluding hydrogens is 871 g/mol. The molecule has 3 aromatic carbocycles. The van der Waals surface area contributed by atoms with Crippen molar-refractivity contribution in [1.29, 1.82) is 0 Å². The molecule has 354 valence electrons. The highest BCUT2D eigenvalue weighted by Gasteiger charge is 2.52. The van der Waals surface area contributed by atoms with Gasteiger partial charge in [-0.1, -0.05) is 24.3 Å². The van der Waals surface area contributed by atoms with Crippen LogP contribution in [0.5, 0.6) is 0 Å². The first-order valence-corrected chi connectivity index (χ1v) is 21.6. The van der Waals surface area contributed by atoms with Crippen molar-refractivity contribution in [3.8, 4) is 0 Å². The van der Waals surface area contributed by atoms with Gasteiger partial charge in [-0.25, -0.2) is 8.78 Å². The van der Waals surface area contributed by atoms with E-state index in [1.165, 1.54) is 4.90 Å². The van der Waals surface area contributed by atoms with E-state index in [0.29, 0.717) is 94.1 Å². The van der Waals surface area contributed by atoms with Crippen LogP contribution in [0.1, 0.15) is 63.1 Å². The van der Waals surface area contributed by atoms with Crippen molar-refractivity contribution >= 4 is 47.1 Å². The number of nitrogens with zero attached hydrogens (tertiary/aromatic N) is 2. The van der Waals surface area contributed by atoms with Gasteiger partial charge in [0.1, 0.15) is 24.3 Å². The van der Waals surface area contributed by atoms with E-state index in [1.807, 2.05) is 0 Å². The van der Waals surface area contributed by atoms with Crippen LogP contribution in [-0.2, 0) is 71.8 Å². The number of hydrogen-bond acceptors (Lipinski definition) is 14. The van der Waals surface area contributed by atoms with E-state index in [1.54, 1.807) is 42.5 Å². The zero-order valence-electron chi connectivity index (χ0n) is 36.2. The standard InChI is InChI=1S/C46H52F2N4O14/c47-33-25-31(26-34(48)28-33)29-49-44(58)46(60)12-13-51(45(46)59)35-8-6-30(7-9-35)27-39(54)66-24-23-65-22-21-64-20-19-63-18-17-62-16-15-61-14-2-4-32-3-1-5-36-40(32)43(57)52(42(36)56)37-10-11-38(53)50-41(37)55/h1,3,5-9,25-26,28,37,60H,2,4,10-24,27,29H2,(H,49,58)(H,50,53,55). The number of fused-ring (bicyclic) bond motifs is 1. The van der Waals surface area contributed by atoms with Gasteiger partial charge in [-0.15, -0.1) is 0 Å². The Hall–Kier alpha value is -6.03. The molecule has 3 aliphatic rings. The average molecular weight is 923 g/mol. The zero-order valence-corrected chi connectivity index (χ0v) is 36.2. The lowest BCUT2D eigenvalue weighted by Crippen LogP contribution is -2.54. The number of aliphatic hydroxyl groups is 1. The van der Waals surface area contributed by atoms with Gasteiger partial charge in [0, 0.05) is 44.3 Å². The Bertz CT molecular complexity index is 2220. The Morgan fingerprint density at radius 1 is 0.758 bits per heavy atom. The number of nitrogens with one attached hydrogen (secondary N) is 2. The van der Waals surface area contributed by atoms with Crippen molar-refractivity contribution < 1.29 is 75.9 Å². The monoisotopic (exact) mass is 922 g/mol. The fourth-order valence-electron chi connectivity index (χ4n) is 7.57. The molecule has 0 radical (unpaired) electrons. The van der Waals surface area contributed by atoms with E-state index in [4.69, 9.17) is 28.4 Å². The minimum Gasteiger partial charge on any atom is -0.463 e. The first-order chi connectivity index (χ1) is 31.9. The Labute approximate surface area is 378 Å². The third-order valence-corrected chi connectivity index (χ3v) is 10.9. The summed E-state index contributed by atoms with van der Waals surface area (Å²) in [5.41, 5.74) is 0.0505. The number of ether oxygens (including phenoxy) is 6. The maximum atomic E-state index is 13.5. The predicted molar refractivity (Wildman–Crippen MR) is 227 cm³/mol. The molecule has 0 aliphatic carbocycles. The Kier molecular flexibility index (Phi) is 17.9. The van der Waals surface area contributed by atoms with Gasteiger partial charge < -0.3 is 43.7 Å². The molecule has 2 atom stereocenters. The molecule has 66 heavy (non-hydrogen) atoms. The summed E-state index contributed by atoms with van der Waals surface area (Å²) >= 11 is 0. The normalized spacial score (nSPS) is 18.2. The van der Waals surface area contributed by atoms with E-state index in [2.05, 4.69) is 10.6 Å². The third-order valence-electron chi connectivity index (χ3n) is 10.9. The smallest absolute Gasteiger partial charge is 0.310 e. The van der Waals surface area contributed by atoms with Crippen LogP contribution < -0.4 is 15.5 Å². The molecule has 0 spiro atoms. The third kappa shape index (κ3) is 13.1. The van der Waals surface area contributed by atoms with Gasteiger partial charge in [-0.3, -0.25) is 43.8 Å². The second-order valence-corrected chi connectivity index (χ2v) is 15.5. The number of carbonyl (C=O) groups is 7. The molecule has 0 bridgehead atoms. The minimum atomic E-state index is -2.35. The average Bonchev–Trinajstić information content (AvgIpc) is 3.74. The van der Waals surface area contributed by atoms with Crippen molar-refractivity contribution in [1.82, 2.24) is 15.5 Å². The highest BCUT2D eigenvalue weighted by molar-refractivity contribution is 6.24. The fraction of sp³-hybridized carbons (Fsp3) is 0.457. The summed E-state index contributed by atoms with van der Waals surface area (Å²) in [5.74, 6) is -6.07. The topological polar surface area (TPSA) is 226 Å². The highest BCUT2D eigenvalue weighted by Crippen LogP contribution is 2.31. The van der Waals surface area contributed by atoms with Crippen LogP contribution >= 0.6 is 0 Å². The van der Waals surface area contributed by atoms with Crippen molar-refractivity contribution in [2.45, 2.75) is 56.7 Å². The predicted octanol–water partition coefficient (Wildman–Crippen LogP) is 1.95. The molecule has 3 aliphatic heterocycles. The van der Waals surface area contributed by atoms with E-state index in [-0.39, 0.29) is 69.7 Å². The molecule has 0 aromatic heterocycles. The fourth-order valence-corrected chi connectivity index (χ4v) is 7.57. The summed E-state index contributed by atoms with van der Waals surface area (Å²) < 4.78 is 59.8. The van der Waals surface area contributed by atoms with Crippen molar-refractivity contribution in [3.05, 3.63) is 100 Å². The number of imide groups is 2. The van der Waals surface area contributed by atoms with Crippen LogP contribution in [0.25, 0.3) is 0 Å². The Balaban J connectivity index is 0.725. The molecule has 2 saturated heterocycles. The van der Waals surface area contributed by atoms with Crippen LogP contribution in [0, 0.1) is 11.6 Å². The molecule has 6 amide bonds. The van der Waals surface area contributed by atoms with Crippen LogP contribution in [0.3, 0.4) is 0 Å². The summed E-state index contributed by atoms with van der Waals surface area (Å²) in [4.78, 5) is 90.5. The van der Waals surface area contributed by atoms with Gasteiger partial charge in [0.05, 0.1) is 77.0 Å². The zero-order chi connectivity index (χ0) is 47.1. The largest absolute Gasteiger partial charge is 0.463 e. The van der Waals surface area contributed by atoms with Crippen LogP contribution in [0.15, 0.2) is 60.7 Å². The molecule has 3 heterocycles. The van der Waals surface area contributed by atoms with Crippen LogP contribution in [0.2, 0.25) is 0 Å². The summed E-state index contributed by atoms with van der Waals surface area (Å²) in [5, 5.41) is 15.4. The maximum Gasteiger partial charge on any atom is 0.310 e. The first-order valence-electron chi connectivity index (χ1n) is 21.6. The number of esters is 1. The van der Waals surface area contributed by atoms with Crippen molar-refractivity contribution in [2.75, 3.05) is 84.1 Å². The number of halogens is 2. The van der Waals surface area contributed by atoms with Crippen LogP contribution in [-0.4, -0.2) is 142 Å². The lowest BCUT2D eigenvalue weighted by molar-refractivity contribution is -0.149. The summed E-state index contributed by atoms with van der Waals surface area (Å²) in [7, 11) is 0. The van der Waals surface area contributed by atoms with E-state index < -0.39 is 64.7 Å². The molecule has 2 fully saturated rings. The highest BCUT2D eigenvalue weighted by atomic mass is 19.1. The number of anilines is 1. The summed E-state index contributed by atoms with van der Waals surface area (Å²) in [6.45, 7) is 3.16. The molecule has 3 N–H and O–H groups in total. The SMILES string of the molecule is O=C1CCC(N2C(=O)c3cccc(CCCOCCOCCOCCOCCOCCOC(=O)Cc4ccc(N5CCC(O)(C(=O)NCc6cc(F)cc(F)c6)C5=O)cc4)c3C2=O)C(=O)N1. The van der Waals surface area contributed by atoms with E-state index >= 15 is 0 Å². The number of benzene rings is 3. The molecule has 18 nitrogen and oxygen atoms in total. The quantitative estimate of drug-likeness (QED) is 0.0453. The van der Waals surface area contributed by atoms with Gasteiger partial charge in [0.2, 0.25) is 17.4 Å². The number of aryl methyl sites for hydroxylation is 1. The Morgan fingerprint density at radius 2 is 1.36 bits per heavy atom. The van der Waals surface area contributed by atoms with Crippen molar-refractivity contribution in [3.63, 3.8) is 0 Å². The van der Waals surface area contributed by atoms with Gasteiger partial charge >= 0.3 is 5.97 Å². The molecular formula is C46H52F2N4O14. The lowest BCUT2D eigenvalue weighted by atomic mass is 9.99. The number of amides is 6. The second kappa shape index (κ2) is 23.9. The second-order valence-electron chi connectivity index (χ2n) is 15.5. The summed E-state index contributed by atoms with van der Waals surface area (Å²) in [6.07, 6.45) is 1.03. The van der Waals surface area contributed by atoms with Gasteiger partial charge in [-0.05, 0) is 66.3 Å². The van der Waals surface area contributed by atoms with Gasteiger partial charge in [0.15, 0.2) is 0 Å². The number of rotatable bonds is 26. The van der Waals surface area contributed by atoms with Gasteiger partial charge in [0.25, 0.3) is 23.6 Å². The summed E-state index contributed by atoms with van der Waals surface area (Å²) in [6, 6.07) is 13.2. The van der Waals surface area contributed by atoms with Crippen molar-refractivity contribution in [2.24, 2.45) is 0 Å². The maximum absolute atomic E-state index is 13.5. The first kappa shape index (κ1) is 49.4. The number of hydrogen-bond donors (Lipinski definition) is 3. The number of carbonyl (C=O) groups excluding carboxylic acids is 7. The molecule has 20 heteroatoms. The molecule has 3 aromatic rings. The minimum absolute atomic E-state index is 0.0333. The molecule has 2 unspecified atom stereocenters. The molecule has 6 rings (SSSR count). The van der Waals surface area contributed by atoms with Crippen LogP contribution in [0.4, 0.5) is 14.5 Å². The van der Waals surface area contributed by atoms with E-state index in [9.17, 15) is 47.4 Å². The number of piperidine rings is 1. The Morgan fingerprint density at radius 3 is 1.98 bits per heavy atom. The lowest BCUT2D eigenvalue weighted by Gasteiger charge is -2.27. The van der Waals surface area contributed by atoms with Gasteiger partial charge in [-0.2, -0.15) is 0 Å².